The fraction of sp³-hybridized carbons (Fsp3) is 0.667. The number of fused-ring (bicyclic) bond motifs is 1. The molecule has 1 amide bonds. The van der Waals surface area contributed by atoms with Crippen molar-refractivity contribution >= 4 is 22.2 Å². The average molecular weight is 331 g/mol. The molecule has 1 aromatic rings. The quantitative estimate of drug-likeness (QED) is 0.918. The Labute approximate surface area is 142 Å². The zero-order valence-electron chi connectivity index (χ0n) is 13.9. The van der Waals surface area contributed by atoms with Crippen molar-refractivity contribution in [1.29, 1.82) is 5.26 Å². The second-order valence-electron chi connectivity index (χ2n) is 6.87. The number of thiophene rings is 1. The molecule has 0 spiro atoms. The Morgan fingerprint density at radius 1 is 1.39 bits per heavy atom. The molecule has 4 nitrogen and oxygen atoms in total. The minimum Gasteiger partial charge on any atom is -0.317 e. The monoisotopic (exact) mass is 331 g/mol. The lowest BCUT2D eigenvalue weighted by atomic mass is 9.89. The average Bonchev–Trinajstić information content (AvgIpc) is 2.89. The van der Waals surface area contributed by atoms with Gasteiger partial charge in [-0.05, 0) is 56.7 Å². The summed E-state index contributed by atoms with van der Waals surface area (Å²) in [6.45, 7) is 5.31. The van der Waals surface area contributed by atoms with Crippen LogP contribution in [-0.4, -0.2) is 30.4 Å². The highest BCUT2D eigenvalue weighted by atomic mass is 32.1. The van der Waals surface area contributed by atoms with Gasteiger partial charge in [0, 0.05) is 17.8 Å². The van der Waals surface area contributed by atoms with Crippen molar-refractivity contribution in [1.82, 2.24) is 4.90 Å². The van der Waals surface area contributed by atoms with E-state index in [-0.39, 0.29) is 5.91 Å². The highest BCUT2D eigenvalue weighted by Gasteiger charge is 2.24. The standard InChI is InChI=1S/C18H25N3OS/c1-13-5-6-14-15(12-19)18(23-16(14)11-13)20-17(22)7-10-21-8-3-2-4-9-21/h13H,2-11H2,1H3,(H,20,22)/t13-/m1/s1. The molecule has 1 saturated heterocycles. The summed E-state index contributed by atoms with van der Waals surface area (Å²) in [5, 5.41) is 13.2. The van der Waals surface area contributed by atoms with E-state index in [0.29, 0.717) is 17.9 Å². The summed E-state index contributed by atoms with van der Waals surface area (Å²) in [7, 11) is 0. The number of nitrogens with one attached hydrogen (secondary N) is 1. The molecule has 1 fully saturated rings. The van der Waals surface area contributed by atoms with Crippen LogP contribution in [-0.2, 0) is 17.6 Å². The molecule has 0 radical (unpaired) electrons. The first kappa shape index (κ1) is 16.5. The lowest BCUT2D eigenvalue weighted by molar-refractivity contribution is -0.116. The van der Waals surface area contributed by atoms with E-state index in [4.69, 9.17) is 0 Å². The molecule has 1 aliphatic carbocycles. The van der Waals surface area contributed by atoms with Gasteiger partial charge in [-0.2, -0.15) is 5.26 Å². The first-order valence-corrected chi connectivity index (χ1v) is 9.56. The number of hydrogen-bond acceptors (Lipinski definition) is 4. The third-order valence-electron chi connectivity index (χ3n) is 4.98. The van der Waals surface area contributed by atoms with E-state index in [9.17, 15) is 10.1 Å². The second-order valence-corrected chi connectivity index (χ2v) is 7.97. The topological polar surface area (TPSA) is 56.1 Å². The molecular formula is C18H25N3OS. The number of carbonyl (C=O) groups is 1. The molecule has 2 aliphatic rings. The molecule has 23 heavy (non-hydrogen) atoms. The summed E-state index contributed by atoms with van der Waals surface area (Å²) >= 11 is 1.61. The maximum absolute atomic E-state index is 12.3. The van der Waals surface area contributed by atoms with Gasteiger partial charge in [-0.15, -0.1) is 11.3 Å². The Kier molecular flexibility index (Phi) is 5.34. The Bertz CT molecular complexity index is 611. The van der Waals surface area contributed by atoms with E-state index >= 15 is 0 Å². The van der Waals surface area contributed by atoms with Crippen LogP contribution >= 0.6 is 11.3 Å². The number of carbonyl (C=O) groups excluding carboxylic acids is 1. The highest BCUT2D eigenvalue weighted by molar-refractivity contribution is 7.16. The van der Waals surface area contributed by atoms with Crippen molar-refractivity contribution in [3.05, 3.63) is 16.0 Å². The highest BCUT2D eigenvalue weighted by Crippen LogP contribution is 2.39. The molecule has 1 atom stereocenters. The molecule has 5 heteroatoms. The van der Waals surface area contributed by atoms with Crippen molar-refractivity contribution in [2.45, 2.75) is 51.9 Å². The fourth-order valence-corrected chi connectivity index (χ4v) is 4.97. The molecule has 2 heterocycles. The van der Waals surface area contributed by atoms with Gasteiger partial charge in [-0.25, -0.2) is 0 Å². The van der Waals surface area contributed by atoms with Gasteiger partial charge in [-0.3, -0.25) is 4.79 Å². The van der Waals surface area contributed by atoms with Gasteiger partial charge in [-0.1, -0.05) is 13.3 Å². The summed E-state index contributed by atoms with van der Waals surface area (Å²) in [4.78, 5) is 15.9. The summed E-state index contributed by atoms with van der Waals surface area (Å²) in [6, 6.07) is 2.31. The molecule has 3 rings (SSSR count). The van der Waals surface area contributed by atoms with Crippen molar-refractivity contribution in [2.75, 3.05) is 25.0 Å². The van der Waals surface area contributed by atoms with Crippen LogP contribution in [0.3, 0.4) is 0 Å². The SMILES string of the molecule is C[C@@H]1CCc2c(sc(NC(=O)CCN3CCCCC3)c2C#N)C1. The lowest BCUT2D eigenvalue weighted by Gasteiger charge is -2.25. The van der Waals surface area contributed by atoms with Gasteiger partial charge in [0.15, 0.2) is 0 Å². The molecule has 0 aromatic carbocycles. The lowest BCUT2D eigenvalue weighted by Crippen LogP contribution is -2.32. The number of likely N-dealkylation sites (tertiary alicyclic amines) is 1. The Morgan fingerprint density at radius 3 is 2.91 bits per heavy atom. The normalized spacial score (nSPS) is 21.5. The maximum atomic E-state index is 12.3. The summed E-state index contributed by atoms with van der Waals surface area (Å²) < 4.78 is 0. The predicted molar refractivity (Wildman–Crippen MR) is 93.8 cm³/mol. The number of piperidine rings is 1. The molecule has 1 N–H and O–H groups in total. The summed E-state index contributed by atoms with van der Waals surface area (Å²) in [5.41, 5.74) is 1.89. The number of anilines is 1. The second kappa shape index (κ2) is 7.46. The van der Waals surface area contributed by atoms with Crippen LogP contribution in [0.1, 0.15) is 55.0 Å². The third kappa shape index (κ3) is 3.94. The predicted octanol–water partition coefficient (Wildman–Crippen LogP) is 3.56. The van der Waals surface area contributed by atoms with E-state index < -0.39 is 0 Å². The molecule has 1 aromatic heterocycles. The largest absolute Gasteiger partial charge is 0.317 e. The van der Waals surface area contributed by atoms with E-state index in [1.54, 1.807) is 11.3 Å². The molecule has 1 aliphatic heterocycles. The van der Waals surface area contributed by atoms with Crippen molar-refractivity contribution in [2.24, 2.45) is 5.92 Å². The van der Waals surface area contributed by atoms with Crippen LogP contribution in [0.2, 0.25) is 0 Å². The summed E-state index contributed by atoms with van der Waals surface area (Å²) in [6.07, 6.45) is 7.47. The van der Waals surface area contributed by atoms with Crippen LogP contribution in [0, 0.1) is 17.2 Å². The molecule has 0 unspecified atom stereocenters. The molecular weight excluding hydrogens is 306 g/mol. The van der Waals surface area contributed by atoms with E-state index in [0.717, 1.165) is 43.9 Å². The van der Waals surface area contributed by atoms with Crippen LogP contribution in [0.15, 0.2) is 0 Å². The summed E-state index contributed by atoms with van der Waals surface area (Å²) in [5.74, 6) is 0.717. The van der Waals surface area contributed by atoms with Gasteiger partial charge in [0.2, 0.25) is 5.91 Å². The Balaban J connectivity index is 1.61. The smallest absolute Gasteiger partial charge is 0.226 e. The Morgan fingerprint density at radius 2 is 2.17 bits per heavy atom. The van der Waals surface area contributed by atoms with Crippen LogP contribution in [0.4, 0.5) is 5.00 Å². The third-order valence-corrected chi connectivity index (χ3v) is 6.15. The van der Waals surface area contributed by atoms with Crippen LogP contribution in [0.25, 0.3) is 0 Å². The van der Waals surface area contributed by atoms with Gasteiger partial charge in [0.25, 0.3) is 0 Å². The van der Waals surface area contributed by atoms with Gasteiger partial charge in [0.1, 0.15) is 11.1 Å². The van der Waals surface area contributed by atoms with Crippen LogP contribution in [0.5, 0.6) is 0 Å². The van der Waals surface area contributed by atoms with Gasteiger partial charge < -0.3 is 10.2 Å². The van der Waals surface area contributed by atoms with E-state index in [1.165, 1.54) is 29.7 Å². The number of rotatable bonds is 4. The fourth-order valence-electron chi connectivity index (χ4n) is 3.59. The van der Waals surface area contributed by atoms with Crippen LogP contribution < -0.4 is 5.32 Å². The number of nitriles is 1. The minimum atomic E-state index is 0.0405. The maximum Gasteiger partial charge on any atom is 0.226 e. The molecule has 124 valence electrons. The molecule has 0 saturated carbocycles. The zero-order valence-corrected chi connectivity index (χ0v) is 14.7. The first-order valence-electron chi connectivity index (χ1n) is 8.74. The first-order chi connectivity index (χ1) is 11.2. The number of nitrogens with zero attached hydrogens (tertiary/aromatic N) is 2. The zero-order chi connectivity index (χ0) is 16.2. The van der Waals surface area contributed by atoms with E-state index in [2.05, 4.69) is 23.2 Å². The van der Waals surface area contributed by atoms with Crippen molar-refractivity contribution < 1.29 is 4.79 Å². The Hall–Kier alpha value is -1.38. The van der Waals surface area contributed by atoms with E-state index in [1.807, 2.05) is 0 Å². The van der Waals surface area contributed by atoms with Crippen molar-refractivity contribution in [3.63, 3.8) is 0 Å². The van der Waals surface area contributed by atoms with Crippen molar-refractivity contribution in [3.8, 4) is 6.07 Å². The molecule has 0 bridgehead atoms. The number of amides is 1. The number of hydrogen-bond donors (Lipinski definition) is 1. The minimum absolute atomic E-state index is 0.0405. The van der Waals surface area contributed by atoms with Gasteiger partial charge in [0.05, 0.1) is 5.56 Å². The van der Waals surface area contributed by atoms with Gasteiger partial charge >= 0.3 is 0 Å².